The van der Waals surface area contributed by atoms with E-state index in [4.69, 9.17) is 0 Å². The Balaban J connectivity index is 1.50. The van der Waals surface area contributed by atoms with Gasteiger partial charge in [0, 0.05) is 24.0 Å². The smallest absolute Gasteiger partial charge is 0.181 e. The zero-order chi connectivity index (χ0) is 24.0. The summed E-state index contributed by atoms with van der Waals surface area (Å²) in [6.07, 6.45) is 12.4. The number of aromatic amines is 1. The number of hydrogen-bond donors (Lipinski definition) is 1. The van der Waals surface area contributed by atoms with Gasteiger partial charge in [-0.25, -0.2) is 0 Å². The number of aromatic nitrogens is 1. The lowest BCUT2D eigenvalue weighted by atomic mass is 9.41. The fourth-order valence-electron chi connectivity index (χ4n) is 9.11. The molecule has 0 aliphatic heterocycles. The molecule has 3 heteroatoms. The summed E-state index contributed by atoms with van der Waals surface area (Å²) in [6, 6.07) is 2.15. The van der Waals surface area contributed by atoms with E-state index < -0.39 is 0 Å². The van der Waals surface area contributed by atoms with Crippen LogP contribution in [-0.4, -0.2) is 16.6 Å². The molecule has 1 heterocycles. The number of allylic oxidation sites excluding steroid dienone is 2. The minimum absolute atomic E-state index is 0.0177. The normalized spacial score (nSPS) is 41.9. The van der Waals surface area contributed by atoms with Crippen LogP contribution in [0.25, 0.3) is 0 Å². The van der Waals surface area contributed by atoms with Crippen molar-refractivity contribution >= 4 is 11.6 Å². The molecule has 5 rings (SSSR count). The number of rotatable bonds is 3. The van der Waals surface area contributed by atoms with Gasteiger partial charge in [-0.1, -0.05) is 60.1 Å². The molecule has 33 heavy (non-hydrogen) atoms. The SMILES string of the molecule is CC(C)C(=O)c1cc([C@@H]2CC[C@]3(C)C4=CCC5C(C)(C)C(=O)CC[C@]5(C)[C@H]4CC[C@@]23C)c[nH]1. The molecule has 3 fully saturated rings. The van der Waals surface area contributed by atoms with E-state index in [9.17, 15) is 9.59 Å². The van der Waals surface area contributed by atoms with E-state index in [0.717, 1.165) is 25.0 Å². The third kappa shape index (κ3) is 2.93. The van der Waals surface area contributed by atoms with Gasteiger partial charge in [0.1, 0.15) is 5.78 Å². The highest BCUT2D eigenvalue weighted by molar-refractivity contribution is 5.96. The van der Waals surface area contributed by atoms with Crippen LogP contribution in [0.15, 0.2) is 23.9 Å². The number of fused-ring (bicyclic) bond motifs is 5. The molecule has 4 aliphatic carbocycles. The lowest BCUT2D eigenvalue weighted by molar-refractivity contribution is -0.145. The summed E-state index contributed by atoms with van der Waals surface area (Å²) < 4.78 is 0. The number of Topliss-reactive ketones (excluding diaryl/α,β-unsaturated/α-hetero) is 2. The summed E-state index contributed by atoms with van der Waals surface area (Å²) in [7, 11) is 0. The lowest BCUT2D eigenvalue weighted by Crippen LogP contribution is -2.56. The molecular formula is C30H43NO2. The van der Waals surface area contributed by atoms with E-state index in [1.54, 1.807) is 5.57 Å². The average molecular weight is 450 g/mol. The molecule has 1 unspecified atom stereocenters. The number of H-pyrrole nitrogens is 1. The highest BCUT2D eigenvalue weighted by atomic mass is 16.1. The molecule has 6 atom stereocenters. The third-order valence-corrected chi connectivity index (χ3v) is 11.5. The van der Waals surface area contributed by atoms with Gasteiger partial charge in [-0.2, -0.15) is 0 Å². The minimum Gasteiger partial charge on any atom is -0.359 e. The molecule has 180 valence electrons. The Morgan fingerprint density at radius 3 is 2.42 bits per heavy atom. The summed E-state index contributed by atoms with van der Waals surface area (Å²) in [5.74, 6) is 2.24. The number of ketones is 2. The molecule has 1 aromatic rings. The molecule has 0 spiro atoms. The Kier molecular flexibility index (Phi) is 5.03. The minimum atomic E-state index is -0.209. The van der Waals surface area contributed by atoms with Crippen molar-refractivity contribution < 1.29 is 9.59 Å². The Bertz CT molecular complexity index is 1030. The van der Waals surface area contributed by atoms with Crippen LogP contribution in [0.1, 0.15) is 115 Å². The van der Waals surface area contributed by atoms with Crippen LogP contribution >= 0.6 is 0 Å². The van der Waals surface area contributed by atoms with E-state index in [0.29, 0.717) is 23.5 Å². The van der Waals surface area contributed by atoms with Gasteiger partial charge < -0.3 is 4.98 Å². The first-order chi connectivity index (χ1) is 15.4. The monoisotopic (exact) mass is 449 g/mol. The molecule has 4 aliphatic rings. The van der Waals surface area contributed by atoms with Crippen molar-refractivity contribution in [2.75, 3.05) is 0 Å². The standard InChI is InChI=1S/C30H43NO2/c1-18(2)26(33)23-16-19(17-31-23)20-10-14-30(7)22-8-9-24-27(3,4)25(32)12-13-28(24,5)21(22)11-15-29(20,30)6/h8,16-18,20-21,24,31H,9-15H2,1-7H3/t20-,21-,24?,28+,29-,30+/m0/s1. The Morgan fingerprint density at radius 1 is 1.03 bits per heavy atom. The second-order valence-electron chi connectivity index (χ2n) is 13.4. The van der Waals surface area contributed by atoms with Crippen molar-refractivity contribution in [1.82, 2.24) is 4.98 Å². The third-order valence-electron chi connectivity index (χ3n) is 11.5. The van der Waals surface area contributed by atoms with Crippen molar-refractivity contribution in [3.05, 3.63) is 35.2 Å². The summed E-state index contributed by atoms with van der Waals surface area (Å²) in [5.41, 5.74) is 4.23. The Hall–Kier alpha value is -1.64. The molecule has 1 N–H and O–H groups in total. The number of nitrogens with one attached hydrogen (secondary N) is 1. The molecule has 0 saturated heterocycles. The van der Waals surface area contributed by atoms with Gasteiger partial charge in [0.2, 0.25) is 0 Å². The van der Waals surface area contributed by atoms with E-state index >= 15 is 0 Å². The number of carbonyl (C=O) groups is 2. The van der Waals surface area contributed by atoms with E-state index in [1.807, 2.05) is 13.8 Å². The van der Waals surface area contributed by atoms with Crippen LogP contribution in [0.4, 0.5) is 0 Å². The maximum Gasteiger partial charge on any atom is 0.181 e. The molecule has 0 aromatic carbocycles. The molecule has 0 amide bonds. The first kappa shape index (κ1) is 23.1. The van der Waals surface area contributed by atoms with Crippen molar-refractivity contribution in [2.45, 2.75) is 99.3 Å². The lowest BCUT2D eigenvalue weighted by Gasteiger charge is -2.63. The van der Waals surface area contributed by atoms with Gasteiger partial charge in [-0.3, -0.25) is 9.59 Å². The van der Waals surface area contributed by atoms with Crippen molar-refractivity contribution in [3.63, 3.8) is 0 Å². The van der Waals surface area contributed by atoms with Gasteiger partial charge in [-0.15, -0.1) is 0 Å². The molecule has 0 bridgehead atoms. The number of carbonyl (C=O) groups excluding carboxylic acids is 2. The Morgan fingerprint density at radius 2 is 1.73 bits per heavy atom. The zero-order valence-corrected chi connectivity index (χ0v) is 21.8. The first-order valence-electron chi connectivity index (χ1n) is 13.3. The van der Waals surface area contributed by atoms with Gasteiger partial charge in [0.05, 0.1) is 5.69 Å². The fraction of sp³-hybridized carbons (Fsp3) is 0.733. The van der Waals surface area contributed by atoms with E-state index in [1.165, 1.54) is 31.2 Å². The van der Waals surface area contributed by atoms with Gasteiger partial charge in [-0.05, 0) is 84.2 Å². The molecule has 3 nitrogen and oxygen atoms in total. The largest absolute Gasteiger partial charge is 0.359 e. The van der Waals surface area contributed by atoms with Gasteiger partial charge in [0.25, 0.3) is 0 Å². The second kappa shape index (κ2) is 7.18. The molecular weight excluding hydrogens is 406 g/mol. The van der Waals surface area contributed by atoms with Crippen LogP contribution in [0.3, 0.4) is 0 Å². The van der Waals surface area contributed by atoms with Crippen molar-refractivity contribution in [1.29, 1.82) is 0 Å². The Labute approximate surface area is 200 Å². The predicted molar refractivity (Wildman–Crippen MR) is 133 cm³/mol. The van der Waals surface area contributed by atoms with Gasteiger partial charge in [0.15, 0.2) is 5.78 Å². The summed E-state index contributed by atoms with van der Waals surface area (Å²) in [5, 5.41) is 0. The van der Waals surface area contributed by atoms with Crippen molar-refractivity contribution in [2.24, 2.45) is 39.4 Å². The highest BCUT2D eigenvalue weighted by Crippen LogP contribution is 2.73. The van der Waals surface area contributed by atoms with Crippen LogP contribution in [0, 0.1) is 39.4 Å². The van der Waals surface area contributed by atoms with E-state index in [2.05, 4.69) is 57.9 Å². The summed E-state index contributed by atoms with van der Waals surface area (Å²) in [4.78, 5) is 28.7. The van der Waals surface area contributed by atoms with Crippen LogP contribution < -0.4 is 0 Å². The zero-order valence-electron chi connectivity index (χ0n) is 21.8. The molecule has 0 radical (unpaired) electrons. The second-order valence-corrected chi connectivity index (χ2v) is 13.4. The topological polar surface area (TPSA) is 49.9 Å². The van der Waals surface area contributed by atoms with Crippen LogP contribution in [-0.2, 0) is 4.79 Å². The summed E-state index contributed by atoms with van der Waals surface area (Å²) >= 11 is 0. The maximum atomic E-state index is 12.8. The maximum absolute atomic E-state index is 12.8. The quantitative estimate of drug-likeness (QED) is 0.384. The highest BCUT2D eigenvalue weighted by Gasteiger charge is 2.65. The van der Waals surface area contributed by atoms with Crippen LogP contribution in [0.2, 0.25) is 0 Å². The van der Waals surface area contributed by atoms with E-state index in [-0.39, 0.29) is 33.4 Å². The summed E-state index contributed by atoms with van der Waals surface area (Å²) in [6.45, 7) is 15.9. The van der Waals surface area contributed by atoms with Gasteiger partial charge >= 0.3 is 0 Å². The molecule has 3 saturated carbocycles. The first-order valence-corrected chi connectivity index (χ1v) is 13.3. The van der Waals surface area contributed by atoms with Crippen molar-refractivity contribution in [3.8, 4) is 0 Å². The predicted octanol–water partition coefficient (Wildman–Crippen LogP) is 7.50. The van der Waals surface area contributed by atoms with Crippen LogP contribution in [0.5, 0.6) is 0 Å². The number of hydrogen-bond acceptors (Lipinski definition) is 2. The average Bonchev–Trinajstić information content (AvgIpc) is 3.33. The molecule has 1 aromatic heterocycles. The fourth-order valence-corrected chi connectivity index (χ4v) is 9.11.